The Morgan fingerprint density at radius 1 is 1.56 bits per heavy atom. The van der Waals surface area contributed by atoms with Gasteiger partial charge in [-0.3, -0.25) is 0 Å². The summed E-state index contributed by atoms with van der Waals surface area (Å²) in [6, 6.07) is 4.77. The number of hydrogen-bond donors (Lipinski definition) is 1. The molecule has 0 saturated carbocycles. The molecule has 86 valence electrons. The van der Waals surface area contributed by atoms with E-state index in [0.717, 1.165) is 6.42 Å². The minimum absolute atomic E-state index is 0.225. The summed E-state index contributed by atoms with van der Waals surface area (Å²) < 4.78 is 13.4. The van der Waals surface area contributed by atoms with E-state index in [0.29, 0.717) is 23.6 Å². The Kier molecular flexibility index (Phi) is 5.31. The summed E-state index contributed by atoms with van der Waals surface area (Å²) in [4.78, 5) is 0. The van der Waals surface area contributed by atoms with E-state index in [2.05, 4.69) is 11.2 Å². The first kappa shape index (κ1) is 13.0. The van der Waals surface area contributed by atoms with E-state index in [1.54, 1.807) is 12.1 Å². The van der Waals surface area contributed by atoms with Crippen LogP contribution in [0.15, 0.2) is 18.2 Å². The maximum absolute atomic E-state index is 13.4. The molecule has 0 fully saturated rings. The fourth-order valence-corrected chi connectivity index (χ4v) is 1.63. The van der Waals surface area contributed by atoms with Crippen LogP contribution in [-0.2, 0) is 6.54 Å². The van der Waals surface area contributed by atoms with Crippen molar-refractivity contribution in [2.45, 2.75) is 32.4 Å². The third-order valence-electron chi connectivity index (χ3n) is 2.45. The van der Waals surface area contributed by atoms with E-state index in [1.807, 2.05) is 6.92 Å². The Balaban J connectivity index is 2.60. The predicted molar refractivity (Wildman–Crippen MR) is 65.8 cm³/mol. The number of nitrogens with one attached hydrogen (secondary N) is 1. The molecule has 1 aromatic rings. The Morgan fingerprint density at radius 3 is 2.94 bits per heavy atom. The minimum Gasteiger partial charge on any atom is -0.309 e. The summed E-state index contributed by atoms with van der Waals surface area (Å²) in [6.45, 7) is 2.50. The van der Waals surface area contributed by atoms with Gasteiger partial charge in [-0.2, -0.15) is 0 Å². The van der Waals surface area contributed by atoms with Crippen LogP contribution in [0.1, 0.15) is 25.3 Å². The van der Waals surface area contributed by atoms with Crippen LogP contribution in [0.25, 0.3) is 0 Å². The molecule has 0 aliphatic heterocycles. The molecule has 16 heavy (non-hydrogen) atoms. The standard InChI is InChI=1S/C13H15ClFN/c1-3-5-12(4-2)16-9-10-8-11(14)6-7-13(10)15/h1,6-8,12,16H,4-5,9H2,2H3. The maximum atomic E-state index is 13.4. The second-order valence-corrected chi connectivity index (χ2v) is 4.07. The van der Waals surface area contributed by atoms with Crippen LogP contribution < -0.4 is 5.32 Å². The van der Waals surface area contributed by atoms with Crippen LogP contribution >= 0.6 is 11.6 Å². The molecule has 1 N–H and O–H groups in total. The van der Waals surface area contributed by atoms with Crippen molar-refractivity contribution in [1.82, 2.24) is 5.32 Å². The lowest BCUT2D eigenvalue weighted by molar-refractivity contribution is 0.494. The zero-order valence-corrected chi connectivity index (χ0v) is 10.0. The van der Waals surface area contributed by atoms with E-state index in [4.69, 9.17) is 18.0 Å². The van der Waals surface area contributed by atoms with Gasteiger partial charge in [-0.05, 0) is 24.6 Å². The molecular weight excluding hydrogens is 225 g/mol. The number of terminal acetylenes is 1. The summed E-state index contributed by atoms with van der Waals surface area (Å²) in [7, 11) is 0. The number of hydrogen-bond acceptors (Lipinski definition) is 1. The molecule has 1 aromatic carbocycles. The zero-order valence-electron chi connectivity index (χ0n) is 9.26. The first-order chi connectivity index (χ1) is 7.67. The fraction of sp³-hybridized carbons (Fsp3) is 0.385. The molecule has 0 aliphatic rings. The Hall–Kier alpha value is -1.04. The number of rotatable bonds is 5. The Bertz CT molecular complexity index is 384. The van der Waals surface area contributed by atoms with E-state index >= 15 is 0 Å². The summed E-state index contributed by atoms with van der Waals surface area (Å²) in [5.74, 6) is 2.36. The highest BCUT2D eigenvalue weighted by atomic mass is 35.5. The van der Waals surface area contributed by atoms with Crippen molar-refractivity contribution in [1.29, 1.82) is 0 Å². The van der Waals surface area contributed by atoms with Crippen LogP contribution in [0.3, 0.4) is 0 Å². The average Bonchev–Trinajstić information content (AvgIpc) is 2.28. The number of benzene rings is 1. The highest BCUT2D eigenvalue weighted by Crippen LogP contribution is 2.15. The summed E-state index contributed by atoms with van der Waals surface area (Å²) in [5.41, 5.74) is 0.572. The second kappa shape index (κ2) is 6.52. The molecule has 3 heteroatoms. The highest BCUT2D eigenvalue weighted by Gasteiger charge is 2.07. The van der Waals surface area contributed by atoms with Crippen molar-refractivity contribution in [3.8, 4) is 12.3 Å². The molecule has 0 amide bonds. The van der Waals surface area contributed by atoms with Crippen LogP contribution in [0.2, 0.25) is 5.02 Å². The summed E-state index contributed by atoms with van der Waals surface area (Å²) in [6.07, 6.45) is 6.82. The first-order valence-corrected chi connectivity index (χ1v) is 5.66. The van der Waals surface area contributed by atoms with E-state index in [1.165, 1.54) is 6.07 Å². The lowest BCUT2D eigenvalue weighted by Crippen LogP contribution is -2.27. The molecule has 0 heterocycles. The SMILES string of the molecule is C#CCC(CC)NCc1cc(Cl)ccc1F. The van der Waals surface area contributed by atoms with Gasteiger partial charge in [0.15, 0.2) is 0 Å². The van der Waals surface area contributed by atoms with Crippen molar-refractivity contribution >= 4 is 11.6 Å². The topological polar surface area (TPSA) is 12.0 Å². The fourth-order valence-electron chi connectivity index (χ4n) is 1.44. The van der Waals surface area contributed by atoms with Gasteiger partial charge in [-0.25, -0.2) is 4.39 Å². The second-order valence-electron chi connectivity index (χ2n) is 3.63. The predicted octanol–water partition coefficient (Wildman–Crippen LogP) is 3.37. The molecule has 0 aliphatic carbocycles. The van der Waals surface area contributed by atoms with Crippen molar-refractivity contribution in [3.63, 3.8) is 0 Å². The lowest BCUT2D eigenvalue weighted by atomic mass is 10.1. The van der Waals surface area contributed by atoms with Gasteiger partial charge in [0, 0.05) is 29.6 Å². The van der Waals surface area contributed by atoms with Crippen LogP contribution in [0.5, 0.6) is 0 Å². The molecule has 1 unspecified atom stereocenters. The van der Waals surface area contributed by atoms with Crippen molar-refractivity contribution in [3.05, 3.63) is 34.6 Å². The van der Waals surface area contributed by atoms with Gasteiger partial charge in [-0.15, -0.1) is 12.3 Å². The van der Waals surface area contributed by atoms with Gasteiger partial charge in [0.25, 0.3) is 0 Å². The lowest BCUT2D eigenvalue weighted by Gasteiger charge is -2.14. The molecular formula is C13H15ClFN. The molecule has 1 atom stereocenters. The monoisotopic (exact) mass is 239 g/mol. The van der Waals surface area contributed by atoms with Gasteiger partial charge in [0.2, 0.25) is 0 Å². The van der Waals surface area contributed by atoms with Crippen LogP contribution in [0.4, 0.5) is 4.39 Å². The van der Waals surface area contributed by atoms with Crippen LogP contribution in [-0.4, -0.2) is 6.04 Å². The first-order valence-electron chi connectivity index (χ1n) is 5.28. The Morgan fingerprint density at radius 2 is 2.31 bits per heavy atom. The van der Waals surface area contributed by atoms with Crippen LogP contribution in [0, 0.1) is 18.2 Å². The van der Waals surface area contributed by atoms with E-state index in [9.17, 15) is 4.39 Å². The maximum Gasteiger partial charge on any atom is 0.127 e. The average molecular weight is 240 g/mol. The van der Waals surface area contributed by atoms with Crippen molar-refractivity contribution < 1.29 is 4.39 Å². The molecule has 0 radical (unpaired) electrons. The molecule has 1 rings (SSSR count). The van der Waals surface area contributed by atoms with Gasteiger partial charge in [0.1, 0.15) is 5.82 Å². The van der Waals surface area contributed by atoms with Gasteiger partial charge in [-0.1, -0.05) is 18.5 Å². The van der Waals surface area contributed by atoms with Gasteiger partial charge < -0.3 is 5.32 Å². The van der Waals surface area contributed by atoms with Crippen molar-refractivity contribution in [2.24, 2.45) is 0 Å². The van der Waals surface area contributed by atoms with E-state index < -0.39 is 0 Å². The molecule has 0 spiro atoms. The minimum atomic E-state index is -0.243. The van der Waals surface area contributed by atoms with Gasteiger partial charge >= 0.3 is 0 Å². The highest BCUT2D eigenvalue weighted by molar-refractivity contribution is 6.30. The smallest absolute Gasteiger partial charge is 0.127 e. The third kappa shape index (κ3) is 3.84. The number of halogens is 2. The van der Waals surface area contributed by atoms with Crippen molar-refractivity contribution in [2.75, 3.05) is 0 Å². The molecule has 1 nitrogen and oxygen atoms in total. The Labute approximate surface area is 101 Å². The van der Waals surface area contributed by atoms with E-state index in [-0.39, 0.29) is 11.9 Å². The third-order valence-corrected chi connectivity index (χ3v) is 2.68. The molecule has 0 bridgehead atoms. The molecule has 0 aromatic heterocycles. The zero-order chi connectivity index (χ0) is 12.0. The normalized spacial score (nSPS) is 12.1. The molecule has 0 saturated heterocycles. The summed E-state index contributed by atoms with van der Waals surface area (Å²) in [5, 5.41) is 3.76. The quantitative estimate of drug-likeness (QED) is 0.777. The largest absolute Gasteiger partial charge is 0.309 e. The van der Waals surface area contributed by atoms with Gasteiger partial charge in [0.05, 0.1) is 0 Å². The summed E-state index contributed by atoms with van der Waals surface area (Å²) >= 11 is 5.80.